The Hall–Kier alpha value is -2.53. The molecule has 1 aliphatic rings. The van der Waals surface area contributed by atoms with Crippen LogP contribution < -0.4 is 5.32 Å². The maximum absolute atomic E-state index is 12.9. The minimum atomic E-state index is -0.366. The fourth-order valence-corrected chi connectivity index (χ4v) is 2.87. The topological polar surface area (TPSA) is 58.6 Å². The van der Waals surface area contributed by atoms with Crippen LogP contribution in [0.4, 0.5) is 5.69 Å². The molecule has 0 bridgehead atoms. The van der Waals surface area contributed by atoms with Crippen LogP contribution in [0.1, 0.15) is 28.5 Å². The number of esters is 1. The molecule has 0 spiro atoms. The third kappa shape index (κ3) is 3.21. The van der Waals surface area contributed by atoms with Crippen molar-refractivity contribution in [1.29, 1.82) is 0 Å². The lowest BCUT2D eigenvalue weighted by molar-refractivity contribution is -0.140. The highest BCUT2D eigenvalue weighted by molar-refractivity contribution is 6.30. The summed E-state index contributed by atoms with van der Waals surface area (Å²) >= 11 is 5.96. The van der Waals surface area contributed by atoms with Crippen molar-refractivity contribution < 1.29 is 14.3 Å². The molecule has 1 N–H and O–H groups in total. The molecule has 0 saturated carbocycles. The number of para-hydroxylation sites is 1. The molecule has 1 heterocycles. The van der Waals surface area contributed by atoms with Crippen LogP contribution in [0, 0.1) is 0 Å². The van der Waals surface area contributed by atoms with Crippen molar-refractivity contribution in [2.24, 2.45) is 0 Å². The maximum Gasteiger partial charge on any atom is 0.307 e. The molecule has 1 aliphatic heterocycles. The van der Waals surface area contributed by atoms with Crippen molar-refractivity contribution in [2.45, 2.75) is 12.6 Å². The second-order valence-corrected chi connectivity index (χ2v) is 5.91. The van der Waals surface area contributed by atoms with E-state index in [0.29, 0.717) is 10.6 Å². The summed E-state index contributed by atoms with van der Waals surface area (Å²) in [6, 6.07) is 14.6. The SMILES string of the molecule is COC(=O)CCN1C(=O)c2ccccc2NC1c1ccc(Cl)cc1. The molecule has 6 heteroatoms. The molecule has 24 heavy (non-hydrogen) atoms. The molecule has 1 amide bonds. The zero-order valence-electron chi connectivity index (χ0n) is 13.2. The molecule has 124 valence electrons. The minimum absolute atomic E-state index is 0.117. The number of fused-ring (bicyclic) bond motifs is 1. The average Bonchev–Trinajstić information content (AvgIpc) is 2.61. The molecule has 0 fully saturated rings. The second-order valence-electron chi connectivity index (χ2n) is 5.47. The molecule has 1 unspecified atom stereocenters. The van der Waals surface area contributed by atoms with Crippen molar-refractivity contribution in [3.05, 3.63) is 64.7 Å². The molecular weight excluding hydrogens is 328 g/mol. The van der Waals surface area contributed by atoms with Crippen molar-refractivity contribution in [1.82, 2.24) is 4.90 Å². The normalized spacial score (nSPS) is 16.3. The Balaban J connectivity index is 1.95. The first kappa shape index (κ1) is 16.3. The minimum Gasteiger partial charge on any atom is -0.469 e. The average molecular weight is 345 g/mol. The van der Waals surface area contributed by atoms with E-state index in [9.17, 15) is 9.59 Å². The summed E-state index contributed by atoms with van der Waals surface area (Å²) in [6.45, 7) is 0.264. The largest absolute Gasteiger partial charge is 0.469 e. The van der Waals surface area contributed by atoms with E-state index in [-0.39, 0.29) is 31.0 Å². The van der Waals surface area contributed by atoms with Gasteiger partial charge in [0.1, 0.15) is 6.17 Å². The van der Waals surface area contributed by atoms with Crippen LogP contribution >= 0.6 is 11.6 Å². The van der Waals surface area contributed by atoms with Crippen LogP contribution in [-0.4, -0.2) is 30.4 Å². The molecule has 1 atom stereocenters. The van der Waals surface area contributed by atoms with Gasteiger partial charge in [0, 0.05) is 17.3 Å². The lowest BCUT2D eigenvalue weighted by Crippen LogP contribution is -2.44. The lowest BCUT2D eigenvalue weighted by atomic mass is 10.0. The Morgan fingerprint density at radius 1 is 1.21 bits per heavy atom. The first-order chi connectivity index (χ1) is 11.6. The zero-order chi connectivity index (χ0) is 17.1. The fourth-order valence-electron chi connectivity index (χ4n) is 2.75. The summed E-state index contributed by atoms with van der Waals surface area (Å²) in [5, 5.41) is 3.99. The zero-order valence-corrected chi connectivity index (χ0v) is 13.9. The van der Waals surface area contributed by atoms with E-state index >= 15 is 0 Å². The van der Waals surface area contributed by atoms with E-state index in [1.165, 1.54) is 7.11 Å². The summed E-state index contributed by atoms with van der Waals surface area (Å²) in [4.78, 5) is 26.0. The van der Waals surface area contributed by atoms with E-state index in [1.807, 2.05) is 30.3 Å². The van der Waals surface area contributed by atoms with Gasteiger partial charge in [-0.1, -0.05) is 35.9 Å². The van der Waals surface area contributed by atoms with Crippen LogP contribution in [0.3, 0.4) is 0 Å². The smallest absolute Gasteiger partial charge is 0.307 e. The molecule has 0 saturated heterocycles. The molecule has 0 aromatic heterocycles. The number of ether oxygens (including phenoxy) is 1. The van der Waals surface area contributed by atoms with Gasteiger partial charge in [-0.25, -0.2) is 0 Å². The van der Waals surface area contributed by atoms with E-state index in [1.54, 1.807) is 23.1 Å². The molecule has 0 aliphatic carbocycles. The van der Waals surface area contributed by atoms with Crippen LogP contribution in [0.25, 0.3) is 0 Å². The van der Waals surface area contributed by atoms with Gasteiger partial charge in [-0.05, 0) is 29.8 Å². The summed E-state index contributed by atoms with van der Waals surface area (Å²) in [7, 11) is 1.34. The highest BCUT2D eigenvalue weighted by Gasteiger charge is 2.32. The number of rotatable bonds is 4. The van der Waals surface area contributed by atoms with Crippen LogP contribution in [0.2, 0.25) is 5.02 Å². The van der Waals surface area contributed by atoms with Gasteiger partial charge in [-0.2, -0.15) is 0 Å². The Bertz CT molecular complexity index is 761. The van der Waals surface area contributed by atoms with Crippen molar-refractivity contribution in [3.63, 3.8) is 0 Å². The second kappa shape index (κ2) is 6.93. The molecule has 3 rings (SSSR count). The summed E-state index contributed by atoms with van der Waals surface area (Å²) in [6.07, 6.45) is -0.231. The maximum atomic E-state index is 12.9. The number of methoxy groups -OCH3 is 1. The quantitative estimate of drug-likeness (QED) is 0.863. The van der Waals surface area contributed by atoms with Crippen LogP contribution in [0.5, 0.6) is 0 Å². The van der Waals surface area contributed by atoms with Crippen molar-refractivity contribution in [3.8, 4) is 0 Å². The predicted molar refractivity (Wildman–Crippen MR) is 91.9 cm³/mol. The Kier molecular flexibility index (Phi) is 4.71. The standard InChI is InChI=1S/C18H17ClN2O3/c1-24-16(22)10-11-21-17(12-6-8-13(19)9-7-12)20-15-5-3-2-4-14(15)18(21)23/h2-9,17,20H,10-11H2,1H3. The van der Waals surface area contributed by atoms with Gasteiger partial charge in [0.05, 0.1) is 19.1 Å². The third-order valence-electron chi connectivity index (χ3n) is 3.99. The van der Waals surface area contributed by atoms with E-state index in [0.717, 1.165) is 11.3 Å². The summed E-state index contributed by atoms with van der Waals surface area (Å²) in [5.74, 6) is -0.468. The van der Waals surface area contributed by atoms with Gasteiger partial charge in [0.2, 0.25) is 0 Å². The summed E-state index contributed by atoms with van der Waals surface area (Å²) in [5.41, 5.74) is 2.26. The van der Waals surface area contributed by atoms with Crippen molar-refractivity contribution >= 4 is 29.2 Å². The lowest BCUT2D eigenvalue weighted by Gasteiger charge is -2.38. The van der Waals surface area contributed by atoms with Crippen LogP contribution in [0.15, 0.2) is 48.5 Å². The number of nitrogens with zero attached hydrogens (tertiary/aromatic N) is 1. The highest BCUT2D eigenvalue weighted by atomic mass is 35.5. The molecule has 2 aromatic carbocycles. The van der Waals surface area contributed by atoms with Gasteiger partial charge >= 0.3 is 5.97 Å². The number of nitrogens with one attached hydrogen (secondary N) is 1. The molecule has 5 nitrogen and oxygen atoms in total. The number of carbonyl (C=O) groups excluding carboxylic acids is 2. The van der Waals surface area contributed by atoms with Gasteiger partial charge in [-0.3, -0.25) is 9.59 Å². The fraction of sp³-hybridized carbons (Fsp3) is 0.222. The van der Waals surface area contributed by atoms with Gasteiger partial charge in [0.25, 0.3) is 5.91 Å². The van der Waals surface area contributed by atoms with Crippen molar-refractivity contribution in [2.75, 3.05) is 19.0 Å². The monoisotopic (exact) mass is 344 g/mol. The number of hydrogen-bond acceptors (Lipinski definition) is 4. The number of carbonyl (C=O) groups is 2. The number of benzene rings is 2. The number of anilines is 1. The Morgan fingerprint density at radius 3 is 2.62 bits per heavy atom. The first-order valence-corrected chi connectivity index (χ1v) is 7.97. The Labute approximate surface area is 145 Å². The first-order valence-electron chi connectivity index (χ1n) is 7.59. The molecular formula is C18H17ClN2O3. The number of hydrogen-bond donors (Lipinski definition) is 1. The predicted octanol–water partition coefficient (Wildman–Crippen LogP) is 3.47. The number of amides is 1. The highest BCUT2D eigenvalue weighted by Crippen LogP contribution is 2.33. The Morgan fingerprint density at radius 2 is 1.92 bits per heavy atom. The van der Waals surface area contributed by atoms with E-state index in [2.05, 4.69) is 10.1 Å². The molecule has 0 radical (unpaired) electrons. The number of halogens is 1. The van der Waals surface area contributed by atoms with E-state index < -0.39 is 0 Å². The third-order valence-corrected chi connectivity index (χ3v) is 4.24. The van der Waals surface area contributed by atoms with Gasteiger partial charge in [-0.15, -0.1) is 0 Å². The van der Waals surface area contributed by atoms with Gasteiger partial charge in [0.15, 0.2) is 0 Å². The van der Waals surface area contributed by atoms with Gasteiger partial charge < -0.3 is 15.0 Å². The van der Waals surface area contributed by atoms with E-state index in [4.69, 9.17) is 11.6 Å². The molecule has 2 aromatic rings. The summed E-state index contributed by atoms with van der Waals surface area (Å²) < 4.78 is 4.69. The van der Waals surface area contributed by atoms with Crippen LogP contribution in [-0.2, 0) is 9.53 Å².